The van der Waals surface area contributed by atoms with E-state index in [9.17, 15) is 0 Å². The summed E-state index contributed by atoms with van der Waals surface area (Å²) in [5.74, 6) is 2.75. The van der Waals surface area contributed by atoms with Crippen LogP contribution in [0.3, 0.4) is 0 Å². The summed E-state index contributed by atoms with van der Waals surface area (Å²) < 4.78 is 10.7. The maximum Gasteiger partial charge on any atom is 0.229 e. The van der Waals surface area contributed by atoms with Crippen LogP contribution >= 0.6 is 0 Å². The Hall–Kier alpha value is -3.28. The molecule has 0 fully saturated rings. The minimum Gasteiger partial charge on any atom is -0.493 e. The van der Waals surface area contributed by atoms with Gasteiger partial charge in [-0.15, -0.1) is 0 Å². The van der Waals surface area contributed by atoms with E-state index < -0.39 is 0 Å². The third-order valence-electron chi connectivity index (χ3n) is 4.51. The van der Waals surface area contributed by atoms with Crippen LogP contribution in [0.1, 0.15) is 13.8 Å². The molecule has 0 saturated carbocycles. The zero-order valence-corrected chi connectivity index (χ0v) is 16.8. The Bertz CT molecular complexity index is 912. The first-order chi connectivity index (χ1) is 13.7. The Balaban J connectivity index is 2.01. The van der Waals surface area contributed by atoms with Gasteiger partial charge in [-0.1, -0.05) is 30.3 Å². The van der Waals surface area contributed by atoms with Crippen LogP contribution in [-0.2, 0) is 0 Å². The van der Waals surface area contributed by atoms with Crippen molar-refractivity contribution in [3.05, 3.63) is 54.6 Å². The molecule has 0 spiro atoms. The molecule has 0 aliphatic heterocycles. The fourth-order valence-electron chi connectivity index (χ4n) is 3.00. The van der Waals surface area contributed by atoms with Gasteiger partial charge in [-0.2, -0.15) is 4.98 Å². The number of benzene rings is 2. The Morgan fingerprint density at radius 3 is 2.21 bits per heavy atom. The second-order valence-electron chi connectivity index (χ2n) is 6.17. The number of hydrogen-bond acceptors (Lipinski definition) is 6. The van der Waals surface area contributed by atoms with E-state index in [2.05, 4.69) is 36.2 Å². The molecule has 0 unspecified atom stereocenters. The summed E-state index contributed by atoms with van der Waals surface area (Å²) >= 11 is 0. The van der Waals surface area contributed by atoms with Crippen molar-refractivity contribution in [2.75, 3.05) is 37.5 Å². The Morgan fingerprint density at radius 2 is 1.57 bits per heavy atom. The lowest BCUT2D eigenvalue weighted by Gasteiger charge is -2.21. The van der Waals surface area contributed by atoms with Gasteiger partial charge in [0.15, 0.2) is 11.5 Å². The van der Waals surface area contributed by atoms with E-state index in [-0.39, 0.29) is 0 Å². The molecule has 28 heavy (non-hydrogen) atoms. The smallest absolute Gasteiger partial charge is 0.229 e. The molecular weight excluding hydrogens is 352 g/mol. The van der Waals surface area contributed by atoms with Crippen molar-refractivity contribution in [1.29, 1.82) is 0 Å². The van der Waals surface area contributed by atoms with E-state index in [1.54, 1.807) is 14.2 Å². The zero-order chi connectivity index (χ0) is 19.9. The highest BCUT2D eigenvalue weighted by Crippen LogP contribution is 2.31. The summed E-state index contributed by atoms with van der Waals surface area (Å²) in [5, 5.41) is 3.30. The molecule has 3 rings (SSSR count). The fraction of sp³-hybridized carbons (Fsp3) is 0.273. The maximum atomic E-state index is 5.39. The lowest BCUT2D eigenvalue weighted by atomic mass is 10.1. The van der Waals surface area contributed by atoms with Gasteiger partial charge >= 0.3 is 0 Å². The Labute approximate surface area is 166 Å². The van der Waals surface area contributed by atoms with E-state index in [0.717, 1.165) is 35.9 Å². The number of aromatic nitrogens is 2. The number of nitrogens with one attached hydrogen (secondary N) is 1. The highest BCUT2D eigenvalue weighted by atomic mass is 16.5. The number of hydrogen-bond donors (Lipinski definition) is 1. The van der Waals surface area contributed by atoms with Crippen LogP contribution < -0.4 is 19.7 Å². The summed E-state index contributed by atoms with van der Waals surface area (Å²) in [5.41, 5.74) is 2.75. The molecule has 0 aliphatic carbocycles. The summed E-state index contributed by atoms with van der Waals surface area (Å²) in [6, 6.07) is 17.8. The standard InChI is InChI=1S/C22H26N4O2/c1-5-26(6-2)21-15-18(16-10-8-7-9-11-16)24-22(25-21)23-17-12-13-19(27-3)20(14-17)28-4/h7-15H,5-6H2,1-4H3,(H,23,24,25). The van der Waals surface area contributed by atoms with Crippen LogP contribution in [0.15, 0.2) is 54.6 Å². The second-order valence-corrected chi connectivity index (χ2v) is 6.17. The molecule has 6 nitrogen and oxygen atoms in total. The van der Waals surface area contributed by atoms with Gasteiger partial charge in [-0.05, 0) is 26.0 Å². The zero-order valence-electron chi connectivity index (χ0n) is 16.8. The topological polar surface area (TPSA) is 59.5 Å². The molecule has 0 bridgehead atoms. The van der Waals surface area contributed by atoms with Gasteiger partial charge in [-0.25, -0.2) is 4.98 Å². The van der Waals surface area contributed by atoms with Crippen molar-refractivity contribution in [2.24, 2.45) is 0 Å². The van der Waals surface area contributed by atoms with Gasteiger partial charge in [0.25, 0.3) is 0 Å². The fourth-order valence-corrected chi connectivity index (χ4v) is 3.00. The van der Waals surface area contributed by atoms with Crippen molar-refractivity contribution in [2.45, 2.75) is 13.8 Å². The number of ether oxygens (including phenoxy) is 2. The summed E-state index contributed by atoms with van der Waals surface area (Å²) in [4.78, 5) is 11.7. The van der Waals surface area contributed by atoms with Crippen LogP contribution in [0, 0.1) is 0 Å². The van der Waals surface area contributed by atoms with E-state index >= 15 is 0 Å². The second kappa shape index (κ2) is 9.08. The molecule has 0 saturated heterocycles. The first-order valence-electron chi connectivity index (χ1n) is 9.37. The van der Waals surface area contributed by atoms with Crippen LogP contribution in [0.25, 0.3) is 11.3 Å². The number of nitrogens with zero attached hydrogens (tertiary/aromatic N) is 3. The maximum absolute atomic E-state index is 5.39. The van der Waals surface area contributed by atoms with E-state index in [4.69, 9.17) is 19.4 Å². The predicted octanol–water partition coefficient (Wildman–Crippen LogP) is 4.75. The van der Waals surface area contributed by atoms with Crippen molar-refractivity contribution in [1.82, 2.24) is 9.97 Å². The molecule has 1 heterocycles. The van der Waals surface area contributed by atoms with Crippen molar-refractivity contribution < 1.29 is 9.47 Å². The third-order valence-corrected chi connectivity index (χ3v) is 4.51. The normalized spacial score (nSPS) is 10.4. The molecule has 1 aromatic heterocycles. The monoisotopic (exact) mass is 378 g/mol. The Kier molecular flexibility index (Phi) is 6.32. The minimum atomic E-state index is 0.537. The molecule has 0 amide bonds. The number of methoxy groups -OCH3 is 2. The first-order valence-corrected chi connectivity index (χ1v) is 9.37. The van der Waals surface area contributed by atoms with Crippen LogP contribution in [-0.4, -0.2) is 37.3 Å². The first kappa shape index (κ1) is 19.5. The van der Waals surface area contributed by atoms with E-state index in [1.165, 1.54) is 0 Å². The molecule has 6 heteroatoms. The lowest BCUT2D eigenvalue weighted by Crippen LogP contribution is -2.23. The van der Waals surface area contributed by atoms with Crippen molar-refractivity contribution >= 4 is 17.5 Å². The summed E-state index contributed by atoms with van der Waals surface area (Å²) in [6.45, 7) is 5.99. The van der Waals surface area contributed by atoms with Crippen LogP contribution in [0.5, 0.6) is 11.5 Å². The van der Waals surface area contributed by atoms with Gasteiger partial charge in [-0.3, -0.25) is 0 Å². The van der Waals surface area contributed by atoms with Gasteiger partial charge < -0.3 is 19.7 Å². The predicted molar refractivity (Wildman–Crippen MR) is 114 cm³/mol. The molecule has 146 valence electrons. The average molecular weight is 378 g/mol. The number of rotatable bonds is 8. The van der Waals surface area contributed by atoms with Crippen LogP contribution in [0.2, 0.25) is 0 Å². The highest BCUT2D eigenvalue weighted by molar-refractivity contribution is 5.67. The largest absolute Gasteiger partial charge is 0.493 e. The van der Waals surface area contributed by atoms with E-state index in [1.807, 2.05) is 42.5 Å². The van der Waals surface area contributed by atoms with E-state index in [0.29, 0.717) is 17.4 Å². The lowest BCUT2D eigenvalue weighted by molar-refractivity contribution is 0.355. The molecule has 2 aromatic carbocycles. The van der Waals surface area contributed by atoms with Crippen LogP contribution in [0.4, 0.5) is 17.5 Å². The minimum absolute atomic E-state index is 0.537. The van der Waals surface area contributed by atoms with Gasteiger partial charge in [0.05, 0.1) is 19.9 Å². The molecule has 3 aromatic rings. The van der Waals surface area contributed by atoms with Gasteiger partial charge in [0.1, 0.15) is 5.82 Å². The SMILES string of the molecule is CCN(CC)c1cc(-c2ccccc2)nc(Nc2ccc(OC)c(OC)c2)n1. The van der Waals surface area contributed by atoms with Gasteiger partial charge in [0, 0.05) is 36.5 Å². The molecule has 0 atom stereocenters. The molecule has 1 N–H and O–H groups in total. The summed E-state index contributed by atoms with van der Waals surface area (Å²) in [6.07, 6.45) is 0. The Morgan fingerprint density at radius 1 is 0.857 bits per heavy atom. The van der Waals surface area contributed by atoms with Gasteiger partial charge in [0.2, 0.25) is 5.95 Å². The summed E-state index contributed by atoms with van der Waals surface area (Å²) in [7, 11) is 3.24. The number of anilines is 3. The van der Waals surface area contributed by atoms with Crippen molar-refractivity contribution in [3.63, 3.8) is 0 Å². The molecule has 0 radical (unpaired) electrons. The highest BCUT2D eigenvalue weighted by Gasteiger charge is 2.12. The quantitative estimate of drug-likeness (QED) is 0.610. The molecule has 0 aliphatic rings. The van der Waals surface area contributed by atoms with Crippen molar-refractivity contribution in [3.8, 4) is 22.8 Å². The molecular formula is C22H26N4O2. The average Bonchev–Trinajstić information content (AvgIpc) is 2.75. The third kappa shape index (κ3) is 4.34.